The van der Waals surface area contributed by atoms with Crippen LogP contribution in [0.25, 0.3) is 0 Å². The Kier molecular flexibility index (Phi) is 4.64. The zero-order chi connectivity index (χ0) is 14.0. The van der Waals surface area contributed by atoms with E-state index >= 15 is 0 Å². The Labute approximate surface area is 118 Å². The lowest BCUT2D eigenvalue weighted by molar-refractivity contribution is 0.159. The minimum Gasteiger partial charge on any atom is -0.326 e. The third kappa shape index (κ3) is 3.01. The van der Waals surface area contributed by atoms with E-state index in [1.54, 1.807) is 0 Å². The number of likely N-dealkylation sites (tertiary alicyclic amines) is 1. The highest BCUT2D eigenvalue weighted by Gasteiger charge is 2.35. The first kappa shape index (κ1) is 14.5. The van der Waals surface area contributed by atoms with Gasteiger partial charge in [-0.05, 0) is 43.7 Å². The van der Waals surface area contributed by atoms with Crippen molar-refractivity contribution in [3.8, 4) is 0 Å². The first-order chi connectivity index (χ1) is 9.04. The maximum absolute atomic E-state index is 6.46. The van der Waals surface area contributed by atoms with Crippen LogP contribution in [0.5, 0.6) is 0 Å². The largest absolute Gasteiger partial charge is 0.326 e. The highest BCUT2D eigenvalue weighted by molar-refractivity contribution is 5.30. The molecule has 1 aromatic carbocycles. The second-order valence-electron chi connectivity index (χ2n) is 6.26. The van der Waals surface area contributed by atoms with Gasteiger partial charge < -0.3 is 5.73 Å². The summed E-state index contributed by atoms with van der Waals surface area (Å²) in [6.45, 7) is 10.3. The summed E-state index contributed by atoms with van der Waals surface area (Å²) in [5.41, 5.74) is 9.24. The average molecular weight is 260 g/mol. The van der Waals surface area contributed by atoms with Crippen LogP contribution in [0.15, 0.2) is 24.3 Å². The molecular formula is C17H28N2. The molecule has 0 aliphatic carbocycles. The summed E-state index contributed by atoms with van der Waals surface area (Å²) in [7, 11) is 0. The predicted octanol–water partition coefficient (Wildman–Crippen LogP) is 3.50. The molecule has 0 radical (unpaired) electrons. The van der Waals surface area contributed by atoms with Crippen LogP contribution in [-0.4, -0.2) is 23.5 Å². The van der Waals surface area contributed by atoms with Gasteiger partial charge >= 0.3 is 0 Å². The van der Waals surface area contributed by atoms with Crippen molar-refractivity contribution in [1.29, 1.82) is 0 Å². The van der Waals surface area contributed by atoms with Crippen LogP contribution in [0.3, 0.4) is 0 Å². The second-order valence-corrected chi connectivity index (χ2v) is 6.26. The summed E-state index contributed by atoms with van der Waals surface area (Å²) >= 11 is 0. The van der Waals surface area contributed by atoms with Gasteiger partial charge in [-0.3, -0.25) is 4.90 Å². The number of nitrogens with zero attached hydrogens (tertiary/aromatic N) is 1. The Hall–Kier alpha value is -0.860. The lowest BCUT2D eigenvalue weighted by Gasteiger charge is -2.36. The fourth-order valence-electron chi connectivity index (χ4n) is 3.52. The number of hydrogen-bond acceptors (Lipinski definition) is 2. The Bertz CT molecular complexity index is 415. The van der Waals surface area contributed by atoms with Crippen LogP contribution in [0.1, 0.15) is 50.8 Å². The maximum atomic E-state index is 6.46. The predicted molar refractivity (Wildman–Crippen MR) is 82.1 cm³/mol. The molecule has 0 amide bonds. The molecule has 19 heavy (non-hydrogen) atoms. The molecule has 1 heterocycles. The van der Waals surface area contributed by atoms with Crippen LogP contribution in [0.4, 0.5) is 0 Å². The SMILES string of the molecule is CCC(N)C(c1ccccc1C)N1CC(C)CC1C. The van der Waals surface area contributed by atoms with Gasteiger partial charge in [0.05, 0.1) is 6.04 Å². The van der Waals surface area contributed by atoms with Gasteiger partial charge in [0.15, 0.2) is 0 Å². The Morgan fingerprint density at radius 2 is 2.00 bits per heavy atom. The lowest BCUT2D eigenvalue weighted by atomic mass is 9.92. The van der Waals surface area contributed by atoms with Gasteiger partial charge in [-0.25, -0.2) is 0 Å². The van der Waals surface area contributed by atoms with Crippen molar-refractivity contribution in [2.75, 3.05) is 6.54 Å². The quantitative estimate of drug-likeness (QED) is 0.897. The Morgan fingerprint density at radius 1 is 1.32 bits per heavy atom. The third-order valence-corrected chi connectivity index (χ3v) is 4.57. The van der Waals surface area contributed by atoms with Crippen LogP contribution >= 0.6 is 0 Å². The van der Waals surface area contributed by atoms with E-state index in [0.717, 1.165) is 12.3 Å². The molecule has 0 spiro atoms. The molecule has 4 unspecified atom stereocenters. The van der Waals surface area contributed by atoms with Crippen molar-refractivity contribution in [1.82, 2.24) is 4.90 Å². The zero-order valence-corrected chi connectivity index (χ0v) is 12.8. The summed E-state index contributed by atoms with van der Waals surface area (Å²) in [5.74, 6) is 0.783. The number of aryl methyl sites for hydroxylation is 1. The smallest absolute Gasteiger partial charge is 0.0504 e. The average Bonchev–Trinajstić information content (AvgIpc) is 2.71. The molecule has 1 saturated heterocycles. The van der Waals surface area contributed by atoms with Gasteiger partial charge in [-0.2, -0.15) is 0 Å². The zero-order valence-electron chi connectivity index (χ0n) is 12.8. The normalized spacial score (nSPS) is 27.4. The monoisotopic (exact) mass is 260 g/mol. The van der Waals surface area contributed by atoms with Crippen LogP contribution in [0, 0.1) is 12.8 Å². The van der Waals surface area contributed by atoms with Crippen LogP contribution in [0.2, 0.25) is 0 Å². The molecule has 106 valence electrons. The van der Waals surface area contributed by atoms with E-state index in [1.807, 2.05) is 0 Å². The molecule has 1 aromatic rings. The van der Waals surface area contributed by atoms with Crippen molar-refractivity contribution >= 4 is 0 Å². The van der Waals surface area contributed by atoms with Crippen molar-refractivity contribution in [3.05, 3.63) is 35.4 Å². The molecule has 1 fully saturated rings. The van der Waals surface area contributed by atoms with E-state index in [9.17, 15) is 0 Å². The molecule has 0 saturated carbocycles. The molecule has 2 rings (SSSR count). The molecule has 0 bridgehead atoms. The van der Waals surface area contributed by atoms with Gasteiger partial charge in [0.2, 0.25) is 0 Å². The highest BCUT2D eigenvalue weighted by Crippen LogP contribution is 2.35. The second kappa shape index (κ2) is 6.06. The lowest BCUT2D eigenvalue weighted by Crippen LogP contribution is -2.42. The van der Waals surface area contributed by atoms with Gasteiger partial charge in [-0.15, -0.1) is 0 Å². The van der Waals surface area contributed by atoms with Crippen LogP contribution in [-0.2, 0) is 0 Å². The number of rotatable bonds is 4. The molecule has 0 aromatic heterocycles. The fraction of sp³-hybridized carbons (Fsp3) is 0.647. The van der Waals surface area contributed by atoms with E-state index < -0.39 is 0 Å². The molecule has 2 heteroatoms. The van der Waals surface area contributed by atoms with E-state index in [0.29, 0.717) is 12.1 Å². The first-order valence-electron chi connectivity index (χ1n) is 7.61. The number of nitrogens with two attached hydrogens (primary N) is 1. The van der Waals surface area contributed by atoms with E-state index in [1.165, 1.54) is 24.1 Å². The van der Waals surface area contributed by atoms with Gasteiger partial charge in [0.25, 0.3) is 0 Å². The van der Waals surface area contributed by atoms with E-state index in [4.69, 9.17) is 5.73 Å². The maximum Gasteiger partial charge on any atom is 0.0504 e. The highest BCUT2D eigenvalue weighted by atomic mass is 15.2. The summed E-state index contributed by atoms with van der Waals surface area (Å²) in [6.07, 6.45) is 2.31. The fourth-order valence-corrected chi connectivity index (χ4v) is 3.52. The van der Waals surface area contributed by atoms with Gasteiger partial charge in [-0.1, -0.05) is 38.1 Å². The molecule has 2 N–H and O–H groups in total. The molecule has 4 atom stereocenters. The number of hydrogen-bond donors (Lipinski definition) is 1. The summed E-state index contributed by atoms with van der Waals surface area (Å²) in [6, 6.07) is 9.93. The van der Waals surface area contributed by atoms with Gasteiger partial charge in [0.1, 0.15) is 0 Å². The molecular weight excluding hydrogens is 232 g/mol. The van der Waals surface area contributed by atoms with Crippen molar-refractivity contribution in [2.24, 2.45) is 11.7 Å². The Balaban J connectivity index is 2.34. The molecule has 1 aliphatic heterocycles. The minimum absolute atomic E-state index is 0.217. The first-order valence-corrected chi connectivity index (χ1v) is 7.61. The summed E-state index contributed by atoms with van der Waals surface area (Å²) in [4.78, 5) is 2.63. The summed E-state index contributed by atoms with van der Waals surface area (Å²) in [5, 5.41) is 0. The van der Waals surface area contributed by atoms with Crippen molar-refractivity contribution in [2.45, 2.75) is 58.7 Å². The number of benzene rings is 1. The topological polar surface area (TPSA) is 29.3 Å². The standard InChI is InChI=1S/C17H28N2/c1-5-16(18)17(15-9-7-6-8-13(15)3)19-11-12(2)10-14(19)4/h6-9,12,14,16-17H,5,10-11,18H2,1-4H3. The van der Waals surface area contributed by atoms with Crippen molar-refractivity contribution < 1.29 is 0 Å². The van der Waals surface area contributed by atoms with Crippen molar-refractivity contribution in [3.63, 3.8) is 0 Å². The molecule has 2 nitrogen and oxygen atoms in total. The van der Waals surface area contributed by atoms with Crippen LogP contribution < -0.4 is 5.73 Å². The van der Waals surface area contributed by atoms with E-state index in [2.05, 4.69) is 56.9 Å². The summed E-state index contributed by atoms with van der Waals surface area (Å²) < 4.78 is 0. The van der Waals surface area contributed by atoms with E-state index in [-0.39, 0.29) is 6.04 Å². The third-order valence-electron chi connectivity index (χ3n) is 4.57. The minimum atomic E-state index is 0.217. The Morgan fingerprint density at radius 3 is 2.53 bits per heavy atom. The van der Waals surface area contributed by atoms with Gasteiger partial charge in [0, 0.05) is 18.6 Å². The molecule has 1 aliphatic rings.